The largest absolute Gasteiger partial charge is 0.423 e. The third kappa shape index (κ3) is 4.28. The van der Waals surface area contributed by atoms with Gasteiger partial charge < -0.3 is 9.47 Å². The predicted octanol–water partition coefficient (Wildman–Crippen LogP) is 7.63. The van der Waals surface area contributed by atoms with Crippen LogP contribution in [0.25, 0.3) is 11.1 Å². The summed E-state index contributed by atoms with van der Waals surface area (Å²) in [5.74, 6) is -0.164. The lowest BCUT2D eigenvalue weighted by Gasteiger charge is -2.36. The lowest BCUT2D eigenvalue weighted by Crippen LogP contribution is -2.31. The summed E-state index contributed by atoms with van der Waals surface area (Å²) < 4.78 is 12.0. The molecule has 4 heteroatoms. The van der Waals surface area contributed by atoms with Crippen molar-refractivity contribution in [2.75, 3.05) is 0 Å². The molecule has 4 nitrogen and oxygen atoms in total. The molecule has 194 valence electrons. The number of benzene rings is 4. The van der Waals surface area contributed by atoms with E-state index in [0.29, 0.717) is 22.6 Å². The second-order valence-electron chi connectivity index (χ2n) is 10.2. The topological polar surface area (TPSA) is 52.6 Å². The second-order valence-corrected chi connectivity index (χ2v) is 10.2. The van der Waals surface area contributed by atoms with E-state index in [1.165, 1.54) is 0 Å². The van der Waals surface area contributed by atoms with Crippen LogP contribution in [-0.4, -0.2) is 11.9 Å². The number of aryl methyl sites for hydroxylation is 2. The Hall–Kier alpha value is -4.70. The molecule has 0 aliphatic heterocycles. The quantitative estimate of drug-likeness (QED) is 0.133. The maximum Gasteiger partial charge on any atom is 0.338 e. The first-order valence-corrected chi connectivity index (χ1v) is 12.8. The zero-order valence-corrected chi connectivity index (χ0v) is 22.6. The molecule has 4 aromatic rings. The molecule has 1 aliphatic carbocycles. The molecule has 0 fully saturated rings. The van der Waals surface area contributed by atoms with Gasteiger partial charge in [-0.15, -0.1) is 0 Å². The van der Waals surface area contributed by atoms with Crippen LogP contribution in [0.5, 0.6) is 11.5 Å². The monoisotopic (exact) mass is 514 g/mol. The number of carbonyl (C=O) groups is 2. The molecule has 0 heterocycles. The van der Waals surface area contributed by atoms with Crippen molar-refractivity contribution in [1.82, 2.24) is 0 Å². The van der Waals surface area contributed by atoms with E-state index in [4.69, 9.17) is 9.47 Å². The molecule has 0 aromatic heterocycles. The Labute approximate surface area is 229 Å². The van der Waals surface area contributed by atoms with E-state index in [0.717, 1.165) is 44.5 Å². The Kier molecular flexibility index (Phi) is 6.57. The summed E-state index contributed by atoms with van der Waals surface area (Å²) in [6.07, 6.45) is 0. The summed E-state index contributed by atoms with van der Waals surface area (Å²) in [6, 6.07) is 28.1. The summed E-state index contributed by atoms with van der Waals surface area (Å²) in [4.78, 5) is 25.7. The van der Waals surface area contributed by atoms with Gasteiger partial charge in [-0.1, -0.05) is 86.0 Å². The van der Waals surface area contributed by atoms with E-state index in [-0.39, 0.29) is 0 Å². The normalized spacial score (nSPS) is 12.7. The van der Waals surface area contributed by atoms with Crippen molar-refractivity contribution in [2.24, 2.45) is 0 Å². The fraction of sp³-hybridized carbons (Fsp3) is 0.143. The van der Waals surface area contributed by atoms with Gasteiger partial charge in [-0.25, -0.2) is 9.59 Å². The average Bonchev–Trinajstić information content (AvgIpc) is 3.20. The van der Waals surface area contributed by atoms with Crippen LogP contribution in [0.3, 0.4) is 0 Å². The molecule has 4 aromatic carbocycles. The molecule has 0 atom stereocenters. The Morgan fingerprint density at radius 2 is 0.974 bits per heavy atom. The SMILES string of the molecule is C=C(C)C(=O)Oc1cc(C)ccc1C1(c2ccc(C)cc2OC(=O)C(=C)C)c2ccccc2-c2ccccc21. The fourth-order valence-corrected chi connectivity index (χ4v) is 5.38. The highest BCUT2D eigenvalue weighted by Crippen LogP contribution is 2.59. The summed E-state index contributed by atoms with van der Waals surface area (Å²) in [7, 11) is 0. The summed E-state index contributed by atoms with van der Waals surface area (Å²) in [5.41, 5.74) is 7.17. The van der Waals surface area contributed by atoms with Crippen LogP contribution in [0.1, 0.15) is 47.2 Å². The van der Waals surface area contributed by atoms with Gasteiger partial charge in [0.25, 0.3) is 0 Å². The first kappa shape index (κ1) is 25.9. The summed E-state index contributed by atoms with van der Waals surface area (Å²) >= 11 is 0. The smallest absolute Gasteiger partial charge is 0.338 e. The van der Waals surface area contributed by atoms with Crippen molar-refractivity contribution in [3.05, 3.63) is 143 Å². The molecular formula is C35H30O4. The maximum atomic E-state index is 12.9. The van der Waals surface area contributed by atoms with Crippen molar-refractivity contribution >= 4 is 11.9 Å². The Bertz CT molecular complexity index is 1550. The number of carbonyl (C=O) groups excluding carboxylic acids is 2. The molecule has 0 unspecified atom stereocenters. The number of hydrogen-bond acceptors (Lipinski definition) is 4. The van der Waals surface area contributed by atoms with Gasteiger partial charge in [0.05, 0.1) is 5.41 Å². The lowest BCUT2D eigenvalue weighted by molar-refractivity contribution is -0.130. The first-order chi connectivity index (χ1) is 18.6. The van der Waals surface area contributed by atoms with Gasteiger partial charge in [-0.3, -0.25) is 0 Å². The number of fused-ring (bicyclic) bond motifs is 3. The molecular weight excluding hydrogens is 484 g/mol. The molecule has 0 radical (unpaired) electrons. The number of rotatable bonds is 6. The second kappa shape index (κ2) is 9.88. The van der Waals surface area contributed by atoms with Crippen molar-refractivity contribution in [3.8, 4) is 22.6 Å². The minimum Gasteiger partial charge on any atom is -0.423 e. The molecule has 0 bridgehead atoms. The summed E-state index contributed by atoms with van der Waals surface area (Å²) in [6.45, 7) is 14.7. The van der Waals surface area contributed by atoms with Crippen LogP contribution in [0.2, 0.25) is 0 Å². The van der Waals surface area contributed by atoms with Crippen LogP contribution in [0.4, 0.5) is 0 Å². The molecule has 0 N–H and O–H groups in total. The standard InChI is InChI=1S/C35H30O4/c1-21(2)33(36)38-31-19-23(5)15-17-29(31)35(30-18-16-24(6)20-32(30)39-34(37)22(3)4)27-13-9-7-11-25(27)26-12-8-10-14-28(26)35/h7-20H,1,3H2,2,4-6H3. The molecule has 5 rings (SSSR count). The van der Waals surface area contributed by atoms with Crippen molar-refractivity contribution in [2.45, 2.75) is 33.1 Å². The van der Waals surface area contributed by atoms with Crippen molar-refractivity contribution in [3.63, 3.8) is 0 Å². The van der Waals surface area contributed by atoms with E-state index < -0.39 is 17.4 Å². The fourth-order valence-electron chi connectivity index (χ4n) is 5.38. The molecule has 0 saturated carbocycles. The Morgan fingerprint density at radius 1 is 0.590 bits per heavy atom. The van der Waals surface area contributed by atoms with Crippen molar-refractivity contribution < 1.29 is 19.1 Å². The van der Waals surface area contributed by atoms with Gasteiger partial charge in [0.15, 0.2) is 0 Å². The van der Waals surface area contributed by atoms with E-state index >= 15 is 0 Å². The molecule has 39 heavy (non-hydrogen) atoms. The summed E-state index contributed by atoms with van der Waals surface area (Å²) in [5, 5.41) is 0. The van der Waals surface area contributed by atoms with Gasteiger partial charge in [0, 0.05) is 22.3 Å². The number of ether oxygens (including phenoxy) is 2. The number of hydrogen-bond donors (Lipinski definition) is 0. The Balaban J connectivity index is 1.94. The third-order valence-corrected chi connectivity index (χ3v) is 7.14. The minimum atomic E-state index is -0.954. The zero-order chi connectivity index (χ0) is 27.9. The zero-order valence-electron chi connectivity index (χ0n) is 22.6. The van der Waals surface area contributed by atoms with Crippen LogP contribution in [0.15, 0.2) is 109 Å². The van der Waals surface area contributed by atoms with E-state index in [1.54, 1.807) is 13.8 Å². The van der Waals surface area contributed by atoms with Crippen LogP contribution < -0.4 is 9.47 Å². The highest BCUT2D eigenvalue weighted by atomic mass is 16.5. The number of esters is 2. The van der Waals surface area contributed by atoms with Gasteiger partial charge >= 0.3 is 11.9 Å². The highest BCUT2D eigenvalue weighted by Gasteiger charge is 2.49. The molecule has 0 spiro atoms. The van der Waals surface area contributed by atoms with Gasteiger partial charge in [-0.05, 0) is 73.2 Å². The van der Waals surface area contributed by atoms with Gasteiger partial charge in [0.1, 0.15) is 11.5 Å². The first-order valence-electron chi connectivity index (χ1n) is 12.8. The van der Waals surface area contributed by atoms with Gasteiger partial charge in [-0.2, -0.15) is 0 Å². The maximum absolute atomic E-state index is 12.9. The van der Waals surface area contributed by atoms with Crippen LogP contribution in [-0.2, 0) is 15.0 Å². The third-order valence-electron chi connectivity index (χ3n) is 7.14. The van der Waals surface area contributed by atoms with E-state index in [2.05, 4.69) is 37.4 Å². The Morgan fingerprint density at radius 3 is 1.36 bits per heavy atom. The minimum absolute atomic E-state index is 0.301. The van der Waals surface area contributed by atoms with Crippen LogP contribution >= 0.6 is 0 Å². The van der Waals surface area contributed by atoms with Crippen molar-refractivity contribution in [1.29, 1.82) is 0 Å². The predicted molar refractivity (Wildman–Crippen MR) is 154 cm³/mol. The molecule has 0 saturated heterocycles. The van der Waals surface area contributed by atoms with Crippen LogP contribution in [0, 0.1) is 13.8 Å². The average molecular weight is 515 g/mol. The highest BCUT2D eigenvalue weighted by molar-refractivity contribution is 5.92. The molecule has 0 amide bonds. The van der Waals surface area contributed by atoms with Gasteiger partial charge in [0.2, 0.25) is 0 Å². The lowest BCUT2D eigenvalue weighted by atomic mass is 9.66. The van der Waals surface area contributed by atoms with E-state index in [1.807, 2.05) is 74.5 Å². The molecule has 1 aliphatic rings. The van der Waals surface area contributed by atoms with E-state index in [9.17, 15) is 9.59 Å².